The van der Waals surface area contributed by atoms with E-state index in [0.717, 1.165) is 24.1 Å². The van der Waals surface area contributed by atoms with E-state index in [1.165, 1.54) is 0 Å². The van der Waals surface area contributed by atoms with Gasteiger partial charge in [0.15, 0.2) is 0 Å². The highest BCUT2D eigenvalue weighted by atomic mass is 16.6. The highest BCUT2D eigenvalue weighted by molar-refractivity contribution is 5.97. The summed E-state index contributed by atoms with van der Waals surface area (Å²) < 4.78 is 4.83. The van der Waals surface area contributed by atoms with Crippen molar-refractivity contribution in [1.82, 2.24) is 4.98 Å². The second kappa shape index (κ2) is 9.08. The maximum Gasteiger partial charge on any atom is 0.305 e. The van der Waals surface area contributed by atoms with Crippen molar-refractivity contribution in [1.29, 1.82) is 0 Å². The number of ether oxygens (including phenoxy) is 1. The minimum absolute atomic E-state index is 0.155. The highest BCUT2D eigenvalue weighted by Gasteiger charge is 2.01. The summed E-state index contributed by atoms with van der Waals surface area (Å²) in [5, 5.41) is 4.01. The fraction of sp³-hybridized carbons (Fsp3) is 0.500. The molecule has 1 aromatic rings. The molecule has 0 aliphatic rings. The van der Waals surface area contributed by atoms with Crippen LogP contribution in [-0.4, -0.2) is 29.9 Å². The van der Waals surface area contributed by atoms with Gasteiger partial charge in [0.1, 0.15) is 6.61 Å². The molecule has 5 heteroatoms. The molecule has 104 valence electrons. The lowest BCUT2D eigenvalue weighted by Crippen LogP contribution is -2.04. The molecule has 0 fully saturated rings. The Morgan fingerprint density at radius 2 is 2.26 bits per heavy atom. The fourth-order valence-corrected chi connectivity index (χ4v) is 1.44. The maximum atomic E-state index is 11.1. The molecule has 5 nitrogen and oxygen atoms in total. The fourth-order valence-electron chi connectivity index (χ4n) is 1.44. The SMILES string of the molecule is CCOC(=O)CCCCO/N=C(\C)c1cccnc1. The van der Waals surface area contributed by atoms with Crippen LogP contribution in [0.2, 0.25) is 0 Å². The quantitative estimate of drug-likeness (QED) is 0.313. The molecule has 1 aromatic heterocycles. The molecule has 0 unspecified atom stereocenters. The normalized spacial score (nSPS) is 11.2. The van der Waals surface area contributed by atoms with Crippen molar-refractivity contribution in [2.45, 2.75) is 33.1 Å². The van der Waals surface area contributed by atoms with Crippen LogP contribution in [0.5, 0.6) is 0 Å². The predicted octanol–water partition coefficient (Wildman–Crippen LogP) is 2.56. The van der Waals surface area contributed by atoms with Crippen LogP contribution in [0.25, 0.3) is 0 Å². The van der Waals surface area contributed by atoms with Gasteiger partial charge in [0.05, 0.1) is 12.3 Å². The Bertz CT molecular complexity index is 404. The van der Waals surface area contributed by atoms with Gasteiger partial charge >= 0.3 is 5.97 Å². The van der Waals surface area contributed by atoms with Crippen molar-refractivity contribution in [3.05, 3.63) is 30.1 Å². The molecule has 0 aliphatic carbocycles. The van der Waals surface area contributed by atoms with Gasteiger partial charge in [-0.1, -0.05) is 5.16 Å². The van der Waals surface area contributed by atoms with E-state index >= 15 is 0 Å². The topological polar surface area (TPSA) is 60.8 Å². The number of esters is 1. The number of hydrogen-bond donors (Lipinski definition) is 0. The van der Waals surface area contributed by atoms with Crippen molar-refractivity contribution < 1.29 is 14.4 Å². The Morgan fingerprint density at radius 3 is 2.95 bits per heavy atom. The number of hydrogen-bond acceptors (Lipinski definition) is 5. The van der Waals surface area contributed by atoms with Crippen LogP contribution in [-0.2, 0) is 14.4 Å². The van der Waals surface area contributed by atoms with E-state index in [0.29, 0.717) is 19.6 Å². The smallest absolute Gasteiger partial charge is 0.305 e. The van der Waals surface area contributed by atoms with Crippen LogP contribution >= 0.6 is 0 Å². The third-order valence-electron chi connectivity index (χ3n) is 2.45. The van der Waals surface area contributed by atoms with Crippen LogP contribution < -0.4 is 0 Å². The number of carbonyl (C=O) groups excluding carboxylic acids is 1. The second-order valence-corrected chi connectivity index (χ2v) is 4.01. The Hall–Kier alpha value is -1.91. The molecule has 19 heavy (non-hydrogen) atoms. The van der Waals surface area contributed by atoms with Crippen LogP contribution in [0, 0.1) is 0 Å². The molecule has 0 spiro atoms. The first-order valence-corrected chi connectivity index (χ1v) is 6.46. The molecule has 0 saturated heterocycles. The lowest BCUT2D eigenvalue weighted by molar-refractivity contribution is -0.143. The lowest BCUT2D eigenvalue weighted by Gasteiger charge is -2.03. The van der Waals surface area contributed by atoms with Crippen molar-refractivity contribution in [3.8, 4) is 0 Å². The zero-order valence-electron chi connectivity index (χ0n) is 11.5. The van der Waals surface area contributed by atoms with Crippen LogP contribution in [0.15, 0.2) is 29.7 Å². The van der Waals surface area contributed by atoms with Crippen molar-refractivity contribution in [3.63, 3.8) is 0 Å². The molecule has 0 aromatic carbocycles. The zero-order chi connectivity index (χ0) is 13.9. The Balaban J connectivity index is 2.15. The van der Waals surface area contributed by atoms with E-state index in [1.807, 2.05) is 19.1 Å². The largest absolute Gasteiger partial charge is 0.466 e. The number of aromatic nitrogens is 1. The molecule has 0 atom stereocenters. The minimum Gasteiger partial charge on any atom is -0.466 e. The van der Waals surface area contributed by atoms with Crippen LogP contribution in [0.1, 0.15) is 38.7 Å². The molecule has 0 amide bonds. The van der Waals surface area contributed by atoms with Gasteiger partial charge in [-0.2, -0.15) is 0 Å². The van der Waals surface area contributed by atoms with E-state index in [1.54, 1.807) is 19.3 Å². The standard InChI is InChI=1S/C14H20N2O3/c1-3-18-14(17)8-4-5-10-19-16-12(2)13-7-6-9-15-11-13/h6-7,9,11H,3-5,8,10H2,1-2H3/b16-12+. The predicted molar refractivity (Wildman–Crippen MR) is 72.9 cm³/mol. The molecule has 1 rings (SSSR count). The number of rotatable bonds is 8. The third-order valence-corrected chi connectivity index (χ3v) is 2.45. The Morgan fingerprint density at radius 1 is 1.42 bits per heavy atom. The van der Waals surface area contributed by atoms with Gasteiger partial charge < -0.3 is 9.57 Å². The van der Waals surface area contributed by atoms with Crippen molar-refractivity contribution >= 4 is 11.7 Å². The average Bonchev–Trinajstić information content (AvgIpc) is 2.43. The molecule has 0 bridgehead atoms. The summed E-state index contributed by atoms with van der Waals surface area (Å²) in [4.78, 5) is 20.3. The van der Waals surface area contributed by atoms with E-state index in [9.17, 15) is 4.79 Å². The third kappa shape index (κ3) is 6.55. The molecule has 0 radical (unpaired) electrons. The van der Waals surface area contributed by atoms with Gasteiger partial charge in [-0.05, 0) is 38.8 Å². The van der Waals surface area contributed by atoms with Gasteiger partial charge in [0.2, 0.25) is 0 Å². The van der Waals surface area contributed by atoms with E-state index in [4.69, 9.17) is 9.57 Å². The summed E-state index contributed by atoms with van der Waals surface area (Å²) in [5.74, 6) is -0.155. The minimum atomic E-state index is -0.155. The summed E-state index contributed by atoms with van der Waals surface area (Å²) in [6.45, 7) is 4.60. The number of pyridine rings is 1. The van der Waals surface area contributed by atoms with Gasteiger partial charge in [0.25, 0.3) is 0 Å². The van der Waals surface area contributed by atoms with Crippen molar-refractivity contribution in [2.75, 3.05) is 13.2 Å². The second-order valence-electron chi connectivity index (χ2n) is 4.01. The number of oxime groups is 1. The monoisotopic (exact) mass is 264 g/mol. The first kappa shape index (κ1) is 15.1. The number of unbranched alkanes of at least 4 members (excludes halogenated alkanes) is 1. The maximum absolute atomic E-state index is 11.1. The van der Waals surface area contributed by atoms with Gasteiger partial charge in [-0.3, -0.25) is 9.78 Å². The first-order valence-electron chi connectivity index (χ1n) is 6.46. The average molecular weight is 264 g/mol. The van der Waals surface area contributed by atoms with E-state index in [-0.39, 0.29) is 5.97 Å². The summed E-state index contributed by atoms with van der Waals surface area (Å²) in [6, 6.07) is 3.78. The molecular weight excluding hydrogens is 244 g/mol. The summed E-state index contributed by atoms with van der Waals surface area (Å²) in [5.41, 5.74) is 1.73. The Labute approximate surface area is 113 Å². The van der Waals surface area contributed by atoms with Crippen LogP contribution in [0.4, 0.5) is 0 Å². The van der Waals surface area contributed by atoms with Gasteiger partial charge in [-0.15, -0.1) is 0 Å². The lowest BCUT2D eigenvalue weighted by atomic mass is 10.2. The highest BCUT2D eigenvalue weighted by Crippen LogP contribution is 2.01. The zero-order valence-corrected chi connectivity index (χ0v) is 11.5. The van der Waals surface area contributed by atoms with Gasteiger partial charge in [-0.25, -0.2) is 0 Å². The molecule has 1 heterocycles. The number of carbonyl (C=O) groups is 1. The summed E-state index contributed by atoms with van der Waals surface area (Å²) in [6.07, 6.45) is 5.42. The Kier molecular flexibility index (Phi) is 7.24. The molecule has 0 saturated carbocycles. The molecule has 0 aliphatic heterocycles. The van der Waals surface area contributed by atoms with E-state index in [2.05, 4.69) is 10.1 Å². The molecular formula is C14H20N2O3. The summed E-state index contributed by atoms with van der Waals surface area (Å²) in [7, 11) is 0. The van der Waals surface area contributed by atoms with Crippen LogP contribution in [0.3, 0.4) is 0 Å². The van der Waals surface area contributed by atoms with Gasteiger partial charge in [0, 0.05) is 24.4 Å². The van der Waals surface area contributed by atoms with E-state index < -0.39 is 0 Å². The first-order chi connectivity index (χ1) is 9.24. The van der Waals surface area contributed by atoms with Crippen molar-refractivity contribution in [2.24, 2.45) is 5.16 Å². The number of nitrogens with zero attached hydrogens (tertiary/aromatic N) is 2. The molecule has 0 N–H and O–H groups in total. The summed E-state index contributed by atoms with van der Waals surface area (Å²) >= 11 is 0.